The number of dihydropyridines is 2. The quantitative estimate of drug-likeness (QED) is 0.272. The summed E-state index contributed by atoms with van der Waals surface area (Å²) in [5, 5.41) is 12.1. The second kappa shape index (κ2) is 7.87. The van der Waals surface area contributed by atoms with Crippen LogP contribution in [0.4, 0.5) is 0 Å². The number of fused-ring (bicyclic) bond motifs is 6. The van der Waals surface area contributed by atoms with Crippen molar-refractivity contribution in [3.8, 4) is 11.1 Å². The van der Waals surface area contributed by atoms with Crippen molar-refractivity contribution in [2.24, 2.45) is 0 Å². The van der Waals surface area contributed by atoms with E-state index in [2.05, 4.69) is 126 Å². The van der Waals surface area contributed by atoms with Gasteiger partial charge in [-0.2, -0.15) is 0 Å². The highest BCUT2D eigenvalue weighted by molar-refractivity contribution is 6.13. The van der Waals surface area contributed by atoms with Crippen molar-refractivity contribution in [3.63, 3.8) is 0 Å². The molecule has 3 heteroatoms. The third-order valence-corrected chi connectivity index (χ3v) is 7.76. The van der Waals surface area contributed by atoms with Crippen molar-refractivity contribution < 1.29 is 4.42 Å². The number of allylic oxidation sites excluding steroid dienone is 5. The minimum Gasteiger partial charge on any atom is -0.456 e. The minimum absolute atomic E-state index is 0.0121. The Hall–Kier alpha value is -4.76. The van der Waals surface area contributed by atoms with Crippen molar-refractivity contribution in [3.05, 3.63) is 144 Å². The number of hydrogen-bond acceptors (Lipinski definition) is 3. The lowest BCUT2D eigenvalue weighted by Gasteiger charge is -2.34. The molecule has 176 valence electrons. The number of furan rings is 1. The average Bonchev–Trinajstić information content (AvgIpc) is 3.33. The van der Waals surface area contributed by atoms with E-state index in [4.69, 9.17) is 4.42 Å². The monoisotopic (exact) mass is 476 g/mol. The maximum absolute atomic E-state index is 6.64. The van der Waals surface area contributed by atoms with Crippen LogP contribution in [0.25, 0.3) is 43.8 Å². The maximum Gasteiger partial charge on any atom is 0.141 e. The van der Waals surface area contributed by atoms with Gasteiger partial charge in [0.2, 0.25) is 0 Å². The van der Waals surface area contributed by atoms with E-state index in [1.807, 2.05) is 6.20 Å². The molecule has 0 spiro atoms. The Balaban J connectivity index is 1.33. The van der Waals surface area contributed by atoms with Gasteiger partial charge in [-0.25, -0.2) is 0 Å². The molecule has 37 heavy (non-hydrogen) atoms. The van der Waals surface area contributed by atoms with Crippen LogP contribution in [0.5, 0.6) is 0 Å². The highest BCUT2D eigenvalue weighted by Gasteiger charge is 2.30. The van der Waals surface area contributed by atoms with E-state index in [1.165, 1.54) is 44.3 Å². The second-order valence-electron chi connectivity index (χ2n) is 9.88. The molecule has 1 unspecified atom stereocenters. The SMILES string of the molecule is C1=CNC2C(=C1)C=CC1=C2N[C@@H](c2c3ccccc3cc3c2oc2ccc(-c4ccccc4)cc23)C=C1. The van der Waals surface area contributed by atoms with Crippen LogP contribution in [-0.4, -0.2) is 6.04 Å². The number of rotatable bonds is 2. The highest BCUT2D eigenvalue weighted by Crippen LogP contribution is 2.42. The average molecular weight is 477 g/mol. The van der Waals surface area contributed by atoms with Gasteiger partial charge in [-0.05, 0) is 63.5 Å². The molecular weight excluding hydrogens is 452 g/mol. The first-order valence-electron chi connectivity index (χ1n) is 12.8. The molecule has 4 aromatic carbocycles. The first-order chi connectivity index (χ1) is 18.3. The van der Waals surface area contributed by atoms with Crippen molar-refractivity contribution >= 4 is 32.7 Å². The zero-order chi connectivity index (χ0) is 24.3. The lowest BCUT2D eigenvalue weighted by molar-refractivity contribution is 0.600. The van der Waals surface area contributed by atoms with Crippen LogP contribution < -0.4 is 10.6 Å². The van der Waals surface area contributed by atoms with Gasteiger partial charge in [-0.3, -0.25) is 0 Å². The van der Waals surface area contributed by atoms with Gasteiger partial charge in [-0.1, -0.05) is 91.0 Å². The smallest absolute Gasteiger partial charge is 0.141 e. The van der Waals surface area contributed by atoms with Crippen LogP contribution >= 0.6 is 0 Å². The molecule has 8 rings (SSSR count). The molecule has 0 saturated carbocycles. The summed E-state index contributed by atoms with van der Waals surface area (Å²) in [4.78, 5) is 0. The molecule has 3 heterocycles. The third-order valence-electron chi connectivity index (χ3n) is 7.76. The molecule has 2 aliphatic heterocycles. The summed E-state index contributed by atoms with van der Waals surface area (Å²) in [6, 6.07) is 28.1. The van der Waals surface area contributed by atoms with Gasteiger partial charge < -0.3 is 15.1 Å². The molecular formula is C34H24N2O. The first kappa shape index (κ1) is 20.4. The Bertz CT molecular complexity index is 1880. The van der Waals surface area contributed by atoms with Crippen LogP contribution in [-0.2, 0) is 0 Å². The van der Waals surface area contributed by atoms with Gasteiger partial charge in [-0.15, -0.1) is 0 Å². The molecule has 1 aromatic heterocycles. The Morgan fingerprint density at radius 3 is 2.57 bits per heavy atom. The van der Waals surface area contributed by atoms with Gasteiger partial charge in [0.1, 0.15) is 11.2 Å². The highest BCUT2D eigenvalue weighted by atomic mass is 16.3. The summed E-state index contributed by atoms with van der Waals surface area (Å²) in [7, 11) is 0. The fourth-order valence-corrected chi connectivity index (χ4v) is 5.97. The summed E-state index contributed by atoms with van der Waals surface area (Å²) >= 11 is 0. The number of nitrogens with one attached hydrogen (secondary N) is 2. The Morgan fingerprint density at radius 1 is 0.730 bits per heavy atom. The largest absolute Gasteiger partial charge is 0.456 e. The van der Waals surface area contributed by atoms with E-state index in [1.54, 1.807) is 0 Å². The molecule has 2 N–H and O–H groups in total. The first-order valence-corrected chi connectivity index (χ1v) is 12.8. The summed E-state index contributed by atoms with van der Waals surface area (Å²) < 4.78 is 6.64. The topological polar surface area (TPSA) is 37.2 Å². The van der Waals surface area contributed by atoms with Gasteiger partial charge in [0.05, 0.1) is 12.1 Å². The zero-order valence-electron chi connectivity index (χ0n) is 20.1. The van der Waals surface area contributed by atoms with Crippen molar-refractivity contribution in [2.45, 2.75) is 12.1 Å². The number of hydrogen-bond donors (Lipinski definition) is 2. The van der Waals surface area contributed by atoms with E-state index in [-0.39, 0.29) is 12.1 Å². The second-order valence-corrected chi connectivity index (χ2v) is 9.88. The molecule has 3 aliphatic rings. The molecule has 3 nitrogen and oxygen atoms in total. The predicted octanol–water partition coefficient (Wildman–Crippen LogP) is 7.84. The van der Waals surface area contributed by atoms with E-state index in [0.717, 1.165) is 21.9 Å². The van der Waals surface area contributed by atoms with Crippen molar-refractivity contribution in [2.75, 3.05) is 0 Å². The Kier molecular flexibility index (Phi) is 4.35. The summed E-state index contributed by atoms with van der Waals surface area (Å²) in [6.45, 7) is 0. The molecule has 1 aliphatic carbocycles. The summed E-state index contributed by atoms with van der Waals surface area (Å²) in [6.07, 6.45) is 15.2. The minimum atomic E-state index is -0.0121. The summed E-state index contributed by atoms with van der Waals surface area (Å²) in [5.74, 6) is 0. The van der Waals surface area contributed by atoms with Crippen LogP contribution in [0.15, 0.2) is 143 Å². The van der Waals surface area contributed by atoms with Crippen LogP contribution in [0.2, 0.25) is 0 Å². The fraction of sp³-hybridized carbons (Fsp3) is 0.0588. The molecule has 0 bridgehead atoms. The van der Waals surface area contributed by atoms with Crippen LogP contribution in [0.3, 0.4) is 0 Å². The molecule has 2 atom stereocenters. The number of benzene rings is 4. The Morgan fingerprint density at radius 2 is 1.62 bits per heavy atom. The third kappa shape index (κ3) is 3.14. The van der Waals surface area contributed by atoms with Crippen LogP contribution in [0.1, 0.15) is 11.6 Å². The molecule has 0 saturated heterocycles. The predicted molar refractivity (Wildman–Crippen MR) is 152 cm³/mol. The standard InChI is InChI=1S/C34H24N2O/c1-2-7-21(8-3-1)24-15-17-30-27(19-24)28-20-25-9-4-5-11-26(25)31(34(28)37-30)29-16-14-23-13-12-22-10-6-18-35-32(22)33(23)36-29/h1-20,29,32,35-36H/t29-,32?/m1/s1. The molecule has 0 amide bonds. The van der Waals surface area contributed by atoms with Crippen molar-refractivity contribution in [1.82, 2.24) is 10.6 Å². The Labute approximate surface area is 214 Å². The van der Waals surface area contributed by atoms with Gasteiger partial charge >= 0.3 is 0 Å². The van der Waals surface area contributed by atoms with E-state index in [9.17, 15) is 0 Å². The lowest BCUT2D eigenvalue weighted by Crippen LogP contribution is -2.40. The van der Waals surface area contributed by atoms with E-state index in [0.29, 0.717) is 0 Å². The summed E-state index contributed by atoms with van der Waals surface area (Å²) in [5.41, 5.74) is 9.13. The van der Waals surface area contributed by atoms with Gasteiger partial charge in [0, 0.05) is 22.0 Å². The van der Waals surface area contributed by atoms with E-state index < -0.39 is 0 Å². The molecule has 5 aromatic rings. The fourth-order valence-electron chi connectivity index (χ4n) is 5.97. The lowest BCUT2D eigenvalue weighted by atomic mass is 9.87. The maximum atomic E-state index is 6.64. The van der Waals surface area contributed by atoms with E-state index >= 15 is 0 Å². The zero-order valence-corrected chi connectivity index (χ0v) is 20.1. The molecule has 0 fully saturated rings. The van der Waals surface area contributed by atoms with Gasteiger partial charge in [0.15, 0.2) is 0 Å². The normalized spacial score (nSPS) is 20.1. The van der Waals surface area contributed by atoms with Gasteiger partial charge in [0.25, 0.3) is 0 Å². The van der Waals surface area contributed by atoms with Crippen molar-refractivity contribution in [1.29, 1.82) is 0 Å². The van der Waals surface area contributed by atoms with Crippen LogP contribution in [0, 0.1) is 0 Å². The molecule has 0 radical (unpaired) electrons.